The molecular formula is C28H19NS. The van der Waals surface area contributed by atoms with Crippen molar-refractivity contribution in [2.75, 3.05) is 5.32 Å². The van der Waals surface area contributed by atoms with Crippen molar-refractivity contribution in [3.05, 3.63) is 109 Å². The number of hydrogen-bond acceptors (Lipinski definition) is 2. The molecule has 0 saturated heterocycles. The average molecular weight is 402 g/mol. The molecule has 0 spiro atoms. The van der Waals surface area contributed by atoms with E-state index < -0.39 is 0 Å². The number of nitrogens with one attached hydrogen (secondary N) is 1. The Morgan fingerprint density at radius 1 is 0.533 bits per heavy atom. The number of rotatable bonds is 3. The van der Waals surface area contributed by atoms with Crippen molar-refractivity contribution in [1.29, 1.82) is 0 Å². The zero-order valence-corrected chi connectivity index (χ0v) is 17.1. The van der Waals surface area contributed by atoms with Gasteiger partial charge in [0.2, 0.25) is 0 Å². The van der Waals surface area contributed by atoms with Crippen molar-refractivity contribution in [2.45, 2.75) is 0 Å². The second kappa shape index (κ2) is 7.01. The van der Waals surface area contributed by atoms with Gasteiger partial charge < -0.3 is 5.32 Å². The third-order valence-electron chi connectivity index (χ3n) is 5.67. The van der Waals surface area contributed by atoms with Crippen molar-refractivity contribution in [3.8, 4) is 11.1 Å². The lowest BCUT2D eigenvalue weighted by Gasteiger charge is -2.13. The summed E-state index contributed by atoms with van der Waals surface area (Å²) >= 11 is 1.86. The lowest BCUT2D eigenvalue weighted by Crippen LogP contribution is -1.93. The smallest absolute Gasteiger partial charge is 0.0590 e. The highest BCUT2D eigenvalue weighted by Crippen LogP contribution is 2.42. The van der Waals surface area contributed by atoms with Gasteiger partial charge in [-0.3, -0.25) is 0 Å². The molecular weight excluding hydrogens is 382 g/mol. The Kier molecular flexibility index (Phi) is 4.03. The normalized spacial score (nSPS) is 11.3. The highest BCUT2D eigenvalue weighted by molar-refractivity contribution is 7.26. The van der Waals surface area contributed by atoms with E-state index in [9.17, 15) is 0 Å². The van der Waals surface area contributed by atoms with Gasteiger partial charge in [-0.25, -0.2) is 0 Å². The first-order chi connectivity index (χ1) is 14.9. The maximum atomic E-state index is 3.73. The van der Waals surface area contributed by atoms with Gasteiger partial charge in [0.15, 0.2) is 0 Å². The largest absolute Gasteiger partial charge is 0.354 e. The lowest BCUT2D eigenvalue weighted by atomic mass is 10.0. The minimum atomic E-state index is 1.12. The molecule has 1 nitrogen and oxygen atoms in total. The Hall–Kier alpha value is -3.62. The Balaban J connectivity index is 1.55. The number of hydrogen-bond donors (Lipinski definition) is 1. The van der Waals surface area contributed by atoms with Gasteiger partial charge in [-0.2, -0.15) is 0 Å². The number of para-hydroxylation sites is 1. The van der Waals surface area contributed by atoms with Crippen LogP contribution in [0.2, 0.25) is 0 Å². The van der Waals surface area contributed by atoms with Crippen molar-refractivity contribution in [3.63, 3.8) is 0 Å². The fraction of sp³-hybridized carbons (Fsp3) is 0. The average Bonchev–Trinajstić information content (AvgIpc) is 3.20. The van der Waals surface area contributed by atoms with E-state index in [1.54, 1.807) is 0 Å². The van der Waals surface area contributed by atoms with Crippen LogP contribution in [0.1, 0.15) is 0 Å². The Morgan fingerprint density at radius 2 is 1.27 bits per heavy atom. The zero-order valence-electron chi connectivity index (χ0n) is 16.3. The van der Waals surface area contributed by atoms with E-state index >= 15 is 0 Å². The molecule has 0 aliphatic carbocycles. The SMILES string of the molecule is c1ccc(-c2ccccc2Nc2cccc3c2sc2ccc4ccccc4c23)cc1. The zero-order chi connectivity index (χ0) is 19.9. The van der Waals surface area contributed by atoms with Crippen LogP contribution in [0, 0.1) is 0 Å². The van der Waals surface area contributed by atoms with Crippen molar-refractivity contribution in [2.24, 2.45) is 0 Å². The van der Waals surface area contributed by atoms with E-state index in [0.717, 1.165) is 11.4 Å². The highest BCUT2D eigenvalue weighted by atomic mass is 32.1. The van der Waals surface area contributed by atoms with Gasteiger partial charge in [-0.1, -0.05) is 91.0 Å². The summed E-state index contributed by atoms with van der Waals surface area (Å²) in [5, 5.41) is 9.01. The topological polar surface area (TPSA) is 12.0 Å². The number of benzene rings is 5. The summed E-state index contributed by atoms with van der Waals surface area (Å²) in [4.78, 5) is 0. The van der Waals surface area contributed by atoms with Gasteiger partial charge in [-0.05, 0) is 34.5 Å². The summed E-state index contributed by atoms with van der Waals surface area (Å²) in [5.74, 6) is 0. The first kappa shape index (κ1) is 17.3. The van der Waals surface area contributed by atoms with Crippen LogP contribution in [0.4, 0.5) is 11.4 Å². The molecule has 5 aromatic carbocycles. The molecule has 0 aliphatic rings. The predicted molar refractivity (Wildman–Crippen MR) is 132 cm³/mol. The van der Waals surface area contributed by atoms with Crippen LogP contribution in [0.5, 0.6) is 0 Å². The quantitative estimate of drug-likeness (QED) is 0.313. The third kappa shape index (κ3) is 2.77. The predicted octanol–water partition coefficient (Wildman–Crippen LogP) is 8.62. The molecule has 6 aromatic rings. The van der Waals surface area contributed by atoms with E-state index in [1.807, 2.05) is 11.3 Å². The molecule has 0 saturated carbocycles. The minimum absolute atomic E-state index is 1.12. The van der Waals surface area contributed by atoms with E-state index in [-0.39, 0.29) is 0 Å². The van der Waals surface area contributed by atoms with Crippen molar-refractivity contribution in [1.82, 2.24) is 0 Å². The molecule has 0 radical (unpaired) electrons. The first-order valence-electron chi connectivity index (χ1n) is 10.1. The molecule has 0 fully saturated rings. The summed E-state index contributed by atoms with van der Waals surface area (Å²) in [6.45, 7) is 0. The summed E-state index contributed by atoms with van der Waals surface area (Å²) in [6.07, 6.45) is 0. The van der Waals surface area contributed by atoms with E-state index in [2.05, 4.69) is 115 Å². The molecule has 0 atom stereocenters. The second-order valence-corrected chi connectivity index (χ2v) is 8.53. The Morgan fingerprint density at radius 3 is 2.20 bits per heavy atom. The molecule has 1 heterocycles. The van der Waals surface area contributed by atoms with Crippen LogP contribution in [0.3, 0.4) is 0 Å². The number of fused-ring (bicyclic) bond motifs is 5. The third-order valence-corrected chi connectivity index (χ3v) is 6.87. The van der Waals surface area contributed by atoms with Gasteiger partial charge in [0.25, 0.3) is 0 Å². The van der Waals surface area contributed by atoms with E-state index in [0.29, 0.717) is 0 Å². The summed E-state index contributed by atoms with van der Waals surface area (Å²) in [7, 11) is 0. The van der Waals surface area contributed by atoms with Crippen LogP contribution >= 0.6 is 11.3 Å². The van der Waals surface area contributed by atoms with Crippen molar-refractivity contribution >= 4 is 53.7 Å². The summed E-state index contributed by atoms with van der Waals surface area (Å²) < 4.78 is 2.63. The fourth-order valence-corrected chi connectivity index (χ4v) is 5.46. The highest BCUT2D eigenvalue weighted by Gasteiger charge is 2.13. The van der Waals surface area contributed by atoms with Crippen LogP contribution in [0.25, 0.3) is 42.1 Å². The molecule has 6 rings (SSSR count). The molecule has 1 aromatic heterocycles. The molecule has 142 valence electrons. The molecule has 1 N–H and O–H groups in total. The van der Waals surface area contributed by atoms with Crippen LogP contribution in [0.15, 0.2) is 109 Å². The van der Waals surface area contributed by atoms with E-state index in [1.165, 1.54) is 42.1 Å². The van der Waals surface area contributed by atoms with Gasteiger partial charge in [0.1, 0.15) is 0 Å². The molecule has 2 heteroatoms. The fourth-order valence-electron chi connectivity index (χ4n) is 4.27. The summed E-state index contributed by atoms with van der Waals surface area (Å²) in [6, 6.07) is 38.8. The number of thiophene rings is 1. The molecule has 0 bridgehead atoms. The van der Waals surface area contributed by atoms with Gasteiger partial charge in [-0.15, -0.1) is 11.3 Å². The van der Waals surface area contributed by atoms with Crippen LogP contribution < -0.4 is 5.32 Å². The Bertz CT molecular complexity index is 1510. The van der Waals surface area contributed by atoms with Crippen LogP contribution in [-0.4, -0.2) is 0 Å². The first-order valence-corrected chi connectivity index (χ1v) is 10.9. The van der Waals surface area contributed by atoms with E-state index in [4.69, 9.17) is 0 Å². The van der Waals surface area contributed by atoms with Gasteiger partial charge in [0.05, 0.1) is 10.4 Å². The standard InChI is InChI=1S/C28H19NS/c1-2-9-19(10-3-1)21-12-6-7-15-24(21)29-25-16-8-14-23-27-22-13-5-4-11-20(22)17-18-26(27)30-28(23)25/h1-18,29H. The summed E-state index contributed by atoms with van der Waals surface area (Å²) in [5.41, 5.74) is 4.71. The molecule has 0 amide bonds. The molecule has 0 aliphatic heterocycles. The van der Waals surface area contributed by atoms with Crippen molar-refractivity contribution < 1.29 is 0 Å². The molecule has 30 heavy (non-hydrogen) atoms. The monoisotopic (exact) mass is 401 g/mol. The van der Waals surface area contributed by atoms with Gasteiger partial charge >= 0.3 is 0 Å². The Labute approximate surface area is 179 Å². The molecule has 0 unspecified atom stereocenters. The number of anilines is 2. The van der Waals surface area contributed by atoms with Crippen LogP contribution in [-0.2, 0) is 0 Å². The maximum Gasteiger partial charge on any atom is 0.0590 e. The minimum Gasteiger partial charge on any atom is -0.354 e. The van der Waals surface area contributed by atoms with Gasteiger partial charge in [0, 0.05) is 26.7 Å². The maximum absolute atomic E-state index is 3.73. The lowest BCUT2D eigenvalue weighted by molar-refractivity contribution is 1.56. The second-order valence-electron chi connectivity index (χ2n) is 7.48.